The molecule has 2 saturated heterocycles. The summed E-state index contributed by atoms with van der Waals surface area (Å²) < 4.78 is 48.5. The van der Waals surface area contributed by atoms with Crippen LogP contribution in [-0.2, 0) is 29.7 Å². The summed E-state index contributed by atoms with van der Waals surface area (Å²) in [7, 11) is 3.97. The van der Waals surface area contributed by atoms with Crippen molar-refractivity contribution in [2.24, 2.45) is 5.92 Å². The minimum Gasteiger partial charge on any atom is -0.453 e. The number of alkyl carbamates (subject to hydrolysis) is 2. The van der Waals surface area contributed by atoms with Gasteiger partial charge in [-0.3, -0.25) is 9.59 Å². The third-order valence-electron chi connectivity index (χ3n) is 14.1. The van der Waals surface area contributed by atoms with Crippen LogP contribution in [0.2, 0.25) is 0 Å². The lowest BCUT2D eigenvalue weighted by atomic mass is 9.97. The third-order valence-corrected chi connectivity index (χ3v) is 14.1. The van der Waals surface area contributed by atoms with Crippen molar-refractivity contribution >= 4 is 35.0 Å². The fraction of sp³-hybridized carbons (Fsp3) is 0.360. The van der Waals surface area contributed by atoms with Gasteiger partial charge in [-0.05, 0) is 97.0 Å². The average molecular weight is 913 g/mol. The first kappa shape index (κ1) is 43.7. The van der Waals surface area contributed by atoms with Gasteiger partial charge in [0.25, 0.3) is 11.8 Å². The highest BCUT2D eigenvalue weighted by Gasteiger charge is 2.52. The lowest BCUT2D eigenvalue weighted by Crippen LogP contribution is -2.56. The molecule has 2 aliphatic carbocycles. The number of halogens is 2. The van der Waals surface area contributed by atoms with Crippen molar-refractivity contribution in [3.8, 4) is 33.5 Å². The molecule has 2 bridgehead atoms. The Morgan fingerprint density at radius 3 is 2.21 bits per heavy atom. The number of aromatic amines is 2. The van der Waals surface area contributed by atoms with Crippen LogP contribution in [0.15, 0.2) is 91.1 Å². The number of nitrogens with one attached hydrogen (secondary N) is 4. The summed E-state index contributed by atoms with van der Waals surface area (Å²) in [6, 6.07) is 22.0. The van der Waals surface area contributed by atoms with E-state index in [-0.39, 0.29) is 40.9 Å². The molecule has 4 amide bonds. The maximum absolute atomic E-state index is 16.7. The molecule has 4 aliphatic rings. The molecule has 0 radical (unpaired) electrons. The molecule has 346 valence electrons. The molecule has 3 fully saturated rings. The van der Waals surface area contributed by atoms with Gasteiger partial charge in [0.2, 0.25) is 5.91 Å². The van der Waals surface area contributed by atoms with E-state index in [9.17, 15) is 19.2 Å². The largest absolute Gasteiger partial charge is 0.453 e. The molecule has 2 aromatic heterocycles. The van der Waals surface area contributed by atoms with Crippen LogP contribution in [0.5, 0.6) is 0 Å². The molecule has 7 atom stereocenters. The van der Waals surface area contributed by atoms with Crippen LogP contribution in [0.3, 0.4) is 0 Å². The normalized spacial score (nSPS) is 21.4. The number of piperidine rings is 1. The van der Waals surface area contributed by atoms with Crippen molar-refractivity contribution in [2.45, 2.75) is 81.3 Å². The molecule has 15 nitrogen and oxygen atoms in total. The molecular formula is C50H50F2N8O7. The van der Waals surface area contributed by atoms with Crippen molar-refractivity contribution in [2.75, 3.05) is 27.9 Å². The minimum absolute atomic E-state index is 0.0135. The number of benzene rings is 4. The summed E-state index contributed by atoms with van der Waals surface area (Å²) in [5.74, 6) is -2.57. The SMILES string of the molecule is COC(=O)N[C@@H](C(=O)N1CCC[C@@H]1c1ncc(-c2ccc3c(c2)C(F)(F)c2cc(-c4ccc5nc([C@@H]6[C@H]7CC[C@H](C7)N6C(=O)[C@H](NC(=O)OC)[C@@H](C)OC)[nH]c5c4)ccc2-3)[nH]1)c1ccccc1. The molecule has 6 aromatic rings. The van der Waals surface area contributed by atoms with E-state index in [1.165, 1.54) is 27.4 Å². The van der Waals surface area contributed by atoms with Gasteiger partial charge in [0.1, 0.15) is 23.7 Å². The van der Waals surface area contributed by atoms with E-state index in [1.54, 1.807) is 66.6 Å². The predicted molar refractivity (Wildman–Crippen MR) is 242 cm³/mol. The van der Waals surface area contributed by atoms with Gasteiger partial charge in [-0.25, -0.2) is 19.6 Å². The molecule has 2 aliphatic heterocycles. The lowest BCUT2D eigenvalue weighted by Gasteiger charge is -2.37. The topological polar surface area (TPSA) is 184 Å². The van der Waals surface area contributed by atoms with E-state index in [2.05, 4.69) is 25.6 Å². The number of nitrogens with zero attached hydrogens (tertiary/aromatic N) is 4. The smallest absolute Gasteiger partial charge is 0.407 e. The Morgan fingerprint density at radius 2 is 1.48 bits per heavy atom. The molecule has 1 saturated carbocycles. The Labute approximate surface area is 384 Å². The van der Waals surface area contributed by atoms with Crippen molar-refractivity contribution in [3.63, 3.8) is 0 Å². The Kier molecular flexibility index (Phi) is 11.3. The zero-order chi connectivity index (χ0) is 46.7. The highest BCUT2D eigenvalue weighted by Crippen LogP contribution is 2.53. The summed E-state index contributed by atoms with van der Waals surface area (Å²) in [4.78, 5) is 72.6. The first-order valence-electron chi connectivity index (χ1n) is 22.5. The Morgan fingerprint density at radius 1 is 0.791 bits per heavy atom. The van der Waals surface area contributed by atoms with Crippen molar-refractivity contribution in [1.29, 1.82) is 0 Å². The zero-order valence-corrected chi connectivity index (χ0v) is 37.3. The number of carbonyl (C=O) groups is 4. The van der Waals surface area contributed by atoms with E-state index in [4.69, 9.17) is 19.2 Å². The summed E-state index contributed by atoms with van der Waals surface area (Å²) in [5, 5.41) is 5.33. The van der Waals surface area contributed by atoms with Crippen LogP contribution in [-0.4, -0.2) is 99.8 Å². The number of aromatic nitrogens is 4. The summed E-state index contributed by atoms with van der Waals surface area (Å²) in [6.07, 6.45) is 3.46. The fourth-order valence-electron chi connectivity index (χ4n) is 10.7. The van der Waals surface area contributed by atoms with Gasteiger partial charge in [0.05, 0.1) is 55.3 Å². The van der Waals surface area contributed by atoms with E-state index in [0.29, 0.717) is 75.6 Å². The number of rotatable bonds is 11. The lowest BCUT2D eigenvalue weighted by molar-refractivity contribution is -0.141. The molecule has 67 heavy (non-hydrogen) atoms. The number of ether oxygens (including phenoxy) is 3. The van der Waals surface area contributed by atoms with Crippen LogP contribution >= 0.6 is 0 Å². The van der Waals surface area contributed by atoms with Gasteiger partial charge in [0.15, 0.2) is 0 Å². The summed E-state index contributed by atoms with van der Waals surface area (Å²) >= 11 is 0. The molecular weight excluding hydrogens is 863 g/mol. The fourth-order valence-corrected chi connectivity index (χ4v) is 10.7. The van der Waals surface area contributed by atoms with Gasteiger partial charge in [-0.15, -0.1) is 0 Å². The number of fused-ring (bicyclic) bond motifs is 6. The van der Waals surface area contributed by atoms with Gasteiger partial charge >= 0.3 is 12.2 Å². The number of likely N-dealkylation sites (tertiary alicyclic amines) is 2. The first-order valence-corrected chi connectivity index (χ1v) is 22.5. The van der Waals surface area contributed by atoms with E-state index < -0.39 is 42.3 Å². The number of hydrogen-bond donors (Lipinski definition) is 4. The van der Waals surface area contributed by atoms with Crippen molar-refractivity contribution in [1.82, 2.24) is 40.4 Å². The Hall–Kier alpha value is -7.14. The highest BCUT2D eigenvalue weighted by molar-refractivity contribution is 5.90. The maximum atomic E-state index is 16.7. The Bertz CT molecular complexity index is 2900. The molecule has 0 spiro atoms. The van der Waals surface area contributed by atoms with Crippen LogP contribution in [0, 0.1) is 5.92 Å². The van der Waals surface area contributed by atoms with Crippen molar-refractivity contribution in [3.05, 3.63) is 119 Å². The summed E-state index contributed by atoms with van der Waals surface area (Å²) in [5.41, 5.74) is 5.04. The zero-order valence-electron chi connectivity index (χ0n) is 37.3. The minimum atomic E-state index is -3.31. The number of H-pyrrole nitrogens is 2. The molecule has 17 heteroatoms. The Balaban J connectivity index is 0.886. The molecule has 4 heterocycles. The van der Waals surface area contributed by atoms with Crippen LogP contribution < -0.4 is 10.6 Å². The second kappa shape index (κ2) is 17.3. The maximum Gasteiger partial charge on any atom is 0.407 e. The number of methoxy groups -OCH3 is 3. The average Bonchev–Trinajstić information content (AvgIpc) is 4.23. The van der Waals surface area contributed by atoms with Gasteiger partial charge in [-0.1, -0.05) is 60.7 Å². The molecule has 0 unspecified atom stereocenters. The third kappa shape index (κ3) is 7.64. The number of carbonyl (C=O) groups excluding carboxylic acids is 4. The molecule has 4 N–H and O–H groups in total. The van der Waals surface area contributed by atoms with Gasteiger partial charge in [0, 0.05) is 36.4 Å². The second-order valence-electron chi connectivity index (χ2n) is 17.8. The van der Waals surface area contributed by atoms with E-state index in [0.717, 1.165) is 24.8 Å². The van der Waals surface area contributed by atoms with Gasteiger partial charge in [-0.2, -0.15) is 8.78 Å². The number of alkyl halides is 2. The van der Waals surface area contributed by atoms with Crippen LogP contribution in [0.25, 0.3) is 44.5 Å². The quantitative estimate of drug-likeness (QED) is 0.0993. The monoisotopic (exact) mass is 912 g/mol. The summed E-state index contributed by atoms with van der Waals surface area (Å²) in [6.45, 7) is 2.17. The van der Waals surface area contributed by atoms with Gasteiger partial charge < -0.3 is 44.6 Å². The van der Waals surface area contributed by atoms with E-state index in [1.807, 2.05) is 35.2 Å². The number of hydrogen-bond acceptors (Lipinski definition) is 9. The molecule has 4 aromatic carbocycles. The van der Waals surface area contributed by atoms with E-state index >= 15 is 8.78 Å². The number of amides is 4. The second-order valence-corrected chi connectivity index (χ2v) is 17.8. The van der Waals surface area contributed by atoms with Crippen LogP contribution in [0.1, 0.15) is 85.5 Å². The first-order chi connectivity index (χ1) is 32.4. The van der Waals surface area contributed by atoms with Crippen molar-refractivity contribution < 1.29 is 42.2 Å². The standard InChI is InChI=1S/C50H50F2N8O7/c1-26(65-2)41(57-48(63)66-3)47(62)60-32-16-12-31(21-32)43(60)45-54-37-19-15-29(24-38(37)55-45)28-13-17-33-34-18-14-30(23-36(34)50(51,52)35(33)22-28)39-25-53-44(56-39)40-11-8-20-59(40)46(61)42(58-49(64)67-4)27-9-6-5-7-10-27/h5-7,9-10,13-15,17-19,22-26,31-32,40-43H,8,11-12,16,20-21H2,1-4H3,(H,53,56)(H,54,55)(H,57,63)(H,58,64)/t26-,31+,32-,40-,41-,42-,43+/m1/s1. The predicted octanol–water partition coefficient (Wildman–Crippen LogP) is 8.31. The molecule has 10 rings (SSSR count). The highest BCUT2D eigenvalue weighted by atomic mass is 19.3. The van der Waals surface area contributed by atoms with Crippen LogP contribution in [0.4, 0.5) is 18.4 Å². The number of imidazole rings is 2.